The number of carbonyl (C=O) groups is 1. The van der Waals surface area contributed by atoms with Crippen molar-refractivity contribution in [2.24, 2.45) is 0 Å². The molecule has 1 heterocycles. The molecule has 1 fully saturated rings. The summed E-state index contributed by atoms with van der Waals surface area (Å²) in [5, 5.41) is 3.53. The molecule has 1 aliphatic rings. The van der Waals surface area contributed by atoms with Gasteiger partial charge in [0.1, 0.15) is 12.6 Å². The first-order valence-corrected chi connectivity index (χ1v) is 7.77. The smallest absolute Gasteiger partial charge is 0.323 e. The number of hydrogen-bond donors (Lipinski definition) is 1. The Morgan fingerprint density at radius 3 is 2.71 bits per heavy atom. The van der Waals surface area contributed by atoms with Gasteiger partial charge in [-0.15, -0.1) is 0 Å². The minimum Gasteiger partial charge on any atom is -0.460 e. The zero-order valence-electron chi connectivity index (χ0n) is 13.2. The van der Waals surface area contributed by atoms with Gasteiger partial charge in [0.05, 0.1) is 0 Å². The van der Waals surface area contributed by atoms with Crippen LogP contribution in [0.3, 0.4) is 0 Å². The molecule has 0 aromatic heterocycles. The summed E-state index contributed by atoms with van der Waals surface area (Å²) in [6.07, 6.45) is 1.09. The van der Waals surface area contributed by atoms with Gasteiger partial charge in [-0.1, -0.05) is 44.2 Å². The minimum absolute atomic E-state index is 0.135. The second kappa shape index (κ2) is 7.57. The van der Waals surface area contributed by atoms with Gasteiger partial charge < -0.3 is 10.1 Å². The summed E-state index contributed by atoms with van der Waals surface area (Å²) < 4.78 is 5.42. The molecule has 1 aromatic carbocycles. The first-order valence-electron chi connectivity index (χ1n) is 7.77. The van der Waals surface area contributed by atoms with E-state index in [1.807, 2.05) is 37.3 Å². The third-order valence-electron chi connectivity index (χ3n) is 3.90. The molecule has 21 heavy (non-hydrogen) atoms. The summed E-state index contributed by atoms with van der Waals surface area (Å²) in [5.74, 6) is -0.135. The molecule has 1 N–H and O–H groups in total. The van der Waals surface area contributed by atoms with Crippen LogP contribution in [0.25, 0.3) is 0 Å². The van der Waals surface area contributed by atoms with Gasteiger partial charge in [-0.2, -0.15) is 0 Å². The first kappa shape index (κ1) is 16.0. The van der Waals surface area contributed by atoms with Gasteiger partial charge in [0.25, 0.3) is 0 Å². The monoisotopic (exact) mass is 290 g/mol. The SMILES string of the molecule is CC(C)NC1CCN(C(C)C(=O)OCc2ccccc2)C1. The Hall–Kier alpha value is -1.39. The van der Waals surface area contributed by atoms with Gasteiger partial charge in [-0.25, -0.2) is 0 Å². The van der Waals surface area contributed by atoms with E-state index in [-0.39, 0.29) is 12.0 Å². The number of hydrogen-bond acceptors (Lipinski definition) is 4. The third kappa shape index (κ3) is 4.83. The molecule has 0 bridgehead atoms. The van der Waals surface area contributed by atoms with Crippen molar-refractivity contribution in [3.05, 3.63) is 35.9 Å². The van der Waals surface area contributed by atoms with Crippen LogP contribution in [-0.4, -0.2) is 42.1 Å². The highest BCUT2D eigenvalue weighted by molar-refractivity contribution is 5.75. The number of benzene rings is 1. The molecule has 0 radical (unpaired) electrons. The van der Waals surface area contributed by atoms with Crippen molar-refractivity contribution < 1.29 is 9.53 Å². The Labute approximate surface area is 127 Å². The second-order valence-corrected chi connectivity index (χ2v) is 6.07. The Morgan fingerprint density at radius 2 is 2.05 bits per heavy atom. The van der Waals surface area contributed by atoms with Crippen molar-refractivity contribution >= 4 is 5.97 Å². The van der Waals surface area contributed by atoms with Gasteiger partial charge in [-0.05, 0) is 18.9 Å². The van der Waals surface area contributed by atoms with Gasteiger partial charge >= 0.3 is 5.97 Å². The maximum Gasteiger partial charge on any atom is 0.323 e. The number of rotatable bonds is 6. The molecule has 1 aliphatic heterocycles. The molecule has 0 saturated carbocycles. The fourth-order valence-corrected chi connectivity index (χ4v) is 2.74. The van der Waals surface area contributed by atoms with E-state index in [2.05, 4.69) is 24.1 Å². The topological polar surface area (TPSA) is 41.6 Å². The molecule has 1 aromatic rings. The van der Waals surface area contributed by atoms with Crippen molar-refractivity contribution in [2.75, 3.05) is 13.1 Å². The molecular formula is C17H26N2O2. The van der Waals surface area contributed by atoms with Crippen LogP contribution < -0.4 is 5.32 Å². The quantitative estimate of drug-likeness (QED) is 0.816. The molecule has 4 heteroatoms. The average molecular weight is 290 g/mol. The lowest BCUT2D eigenvalue weighted by atomic mass is 10.2. The highest BCUT2D eigenvalue weighted by Crippen LogP contribution is 2.15. The Kier molecular flexibility index (Phi) is 5.76. The summed E-state index contributed by atoms with van der Waals surface area (Å²) in [5.41, 5.74) is 1.03. The van der Waals surface area contributed by atoms with Crippen LogP contribution in [0.15, 0.2) is 30.3 Å². The predicted octanol–water partition coefficient (Wildman–Crippen LogP) is 2.19. The van der Waals surface area contributed by atoms with E-state index in [1.165, 1.54) is 0 Å². The predicted molar refractivity (Wildman–Crippen MR) is 83.9 cm³/mol. The fraction of sp³-hybridized carbons (Fsp3) is 0.588. The Bertz CT molecular complexity index is 447. The number of ether oxygens (including phenoxy) is 1. The zero-order chi connectivity index (χ0) is 15.2. The van der Waals surface area contributed by atoms with Crippen molar-refractivity contribution in [3.63, 3.8) is 0 Å². The van der Waals surface area contributed by atoms with Gasteiger partial charge in [0.15, 0.2) is 0 Å². The largest absolute Gasteiger partial charge is 0.460 e. The first-order chi connectivity index (χ1) is 10.1. The molecule has 2 unspecified atom stereocenters. The lowest BCUT2D eigenvalue weighted by Crippen LogP contribution is -2.42. The van der Waals surface area contributed by atoms with Gasteiger partial charge in [-0.3, -0.25) is 9.69 Å². The zero-order valence-corrected chi connectivity index (χ0v) is 13.2. The van der Waals surface area contributed by atoms with E-state index >= 15 is 0 Å². The number of likely N-dealkylation sites (tertiary alicyclic amines) is 1. The van der Waals surface area contributed by atoms with Crippen LogP contribution >= 0.6 is 0 Å². The average Bonchev–Trinajstić information content (AvgIpc) is 2.92. The molecule has 0 amide bonds. The fourth-order valence-electron chi connectivity index (χ4n) is 2.74. The lowest BCUT2D eigenvalue weighted by Gasteiger charge is -2.23. The molecule has 116 valence electrons. The van der Waals surface area contributed by atoms with Crippen LogP contribution in [0.4, 0.5) is 0 Å². The summed E-state index contributed by atoms with van der Waals surface area (Å²) in [7, 11) is 0. The Balaban J connectivity index is 1.77. The Morgan fingerprint density at radius 1 is 1.33 bits per heavy atom. The molecule has 4 nitrogen and oxygen atoms in total. The standard InChI is InChI=1S/C17H26N2O2/c1-13(2)18-16-9-10-19(11-16)14(3)17(20)21-12-15-7-5-4-6-8-15/h4-8,13-14,16,18H,9-12H2,1-3H3. The van der Waals surface area contributed by atoms with E-state index in [0.717, 1.165) is 25.1 Å². The van der Waals surface area contributed by atoms with E-state index < -0.39 is 0 Å². The van der Waals surface area contributed by atoms with Crippen molar-refractivity contribution in [1.82, 2.24) is 10.2 Å². The van der Waals surface area contributed by atoms with Crippen LogP contribution in [0.1, 0.15) is 32.8 Å². The van der Waals surface area contributed by atoms with E-state index in [4.69, 9.17) is 4.74 Å². The summed E-state index contributed by atoms with van der Waals surface area (Å²) >= 11 is 0. The maximum atomic E-state index is 12.1. The molecular weight excluding hydrogens is 264 g/mol. The third-order valence-corrected chi connectivity index (χ3v) is 3.90. The van der Waals surface area contributed by atoms with Crippen molar-refractivity contribution in [1.29, 1.82) is 0 Å². The van der Waals surface area contributed by atoms with Crippen molar-refractivity contribution in [3.8, 4) is 0 Å². The lowest BCUT2D eigenvalue weighted by molar-refractivity contribution is -0.150. The van der Waals surface area contributed by atoms with Crippen molar-refractivity contribution in [2.45, 2.75) is 51.9 Å². The minimum atomic E-state index is -0.173. The second-order valence-electron chi connectivity index (χ2n) is 6.07. The molecule has 2 atom stereocenters. The number of carbonyl (C=O) groups excluding carboxylic acids is 1. The maximum absolute atomic E-state index is 12.1. The summed E-state index contributed by atoms with van der Waals surface area (Å²) in [4.78, 5) is 14.3. The highest BCUT2D eigenvalue weighted by Gasteiger charge is 2.30. The number of nitrogens with one attached hydrogen (secondary N) is 1. The van der Waals surface area contributed by atoms with Crippen LogP contribution in [0.5, 0.6) is 0 Å². The molecule has 2 rings (SSSR count). The van der Waals surface area contributed by atoms with E-state index in [0.29, 0.717) is 18.7 Å². The van der Waals surface area contributed by atoms with Crippen LogP contribution in [0.2, 0.25) is 0 Å². The van der Waals surface area contributed by atoms with Gasteiger partial charge in [0.2, 0.25) is 0 Å². The number of nitrogens with zero attached hydrogens (tertiary/aromatic N) is 1. The molecule has 1 saturated heterocycles. The van der Waals surface area contributed by atoms with Crippen LogP contribution in [-0.2, 0) is 16.1 Å². The molecule has 0 spiro atoms. The highest BCUT2D eigenvalue weighted by atomic mass is 16.5. The molecule has 0 aliphatic carbocycles. The van der Waals surface area contributed by atoms with Gasteiger partial charge in [0, 0.05) is 25.2 Å². The normalized spacial score (nSPS) is 20.7. The van der Waals surface area contributed by atoms with E-state index in [9.17, 15) is 4.79 Å². The van der Waals surface area contributed by atoms with E-state index in [1.54, 1.807) is 0 Å². The number of esters is 1. The van der Waals surface area contributed by atoms with Crippen LogP contribution in [0, 0.1) is 0 Å². The summed E-state index contributed by atoms with van der Waals surface area (Å²) in [6, 6.07) is 10.6. The summed E-state index contributed by atoms with van der Waals surface area (Å²) in [6.45, 7) is 8.46.